The Bertz CT molecular complexity index is 776. The molecule has 0 saturated heterocycles. The largest absolute Gasteiger partial charge is 0.493 e. The molecule has 0 N–H and O–H groups in total. The third-order valence-electron chi connectivity index (χ3n) is 3.09. The number of para-hydroxylation sites is 1. The highest BCUT2D eigenvalue weighted by Crippen LogP contribution is 2.29. The van der Waals surface area contributed by atoms with Gasteiger partial charge in [0.2, 0.25) is 0 Å². The van der Waals surface area contributed by atoms with Gasteiger partial charge < -0.3 is 14.2 Å². The Morgan fingerprint density at radius 1 is 1.17 bits per heavy atom. The van der Waals surface area contributed by atoms with E-state index in [0.29, 0.717) is 29.4 Å². The second-order valence-corrected chi connectivity index (χ2v) is 4.72. The van der Waals surface area contributed by atoms with Crippen molar-refractivity contribution in [1.29, 1.82) is 5.26 Å². The molecule has 5 nitrogen and oxygen atoms in total. The zero-order valence-electron chi connectivity index (χ0n) is 13.5. The van der Waals surface area contributed by atoms with Gasteiger partial charge in [0.1, 0.15) is 17.4 Å². The Morgan fingerprint density at radius 2 is 1.92 bits per heavy atom. The summed E-state index contributed by atoms with van der Waals surface area (Å²) < 4.78 is 15.9. The summed E-state index contributed by atoms with van der Waals surface area (Å²) in [4.78, 5) is 12.1. The minimum atomic E-state index is -0.712. The zero-order valence-corrected chi connectivity index (χ0v) is 13.5. The van der Waals surface area contributed by atoms with E-state index >= 15 is 0 Å². The maximum absolute atomic E-state index is 12.1. The van der Waals surface area contributed by atoms with Gasteiger partial charge in [-0.05, 0) is 42.8 Å². The van der Waals surface area contributed by atoms with E-state index in [0.717, 1.165) is 0 Å². The van der Waals surface area contributed by atoms with E-state index in [-0.39, 0.29) is 5.57 Å². The summed E-state index contributed by atoms with van der Waals surface area (Å²) in [6, 6.07) is 15.6. The molecule has 0 aliphatic carbocycles. The van der Waals surface area contributed by atoms with Crippen molar-refractivity contribution in [3.63, 3.8) is 0 Å². The lowest BCUT2D eigenvalue weighted by Crippen LogP contribution is -2.10. The molecule has 122 valence electrons. The number of methoxy groups -OCH3 is 1. The first kappa shape index (κ1) is 17.1. The van der Waals surface area contributed by atoms with Crippen LogP contribution in [0.4, 0.5) is 0 Å². The van der Waals surface area contributed by atoms with E-state index in [1.54, 1.807) is 42.5 Å². The number of benzene rings is 2. The molecule has 0 heterocycles. The number of hydrogen-bond acceptors (Lipinski definition) is 5. The highest BCUT2D eigenvalue weighted by Gasteiger charge is 2.13. The van der Waals surface area contributed by atoms with Crippen molar-refractivity contribution in [2.45, 2.75) is 6.92 Å². The third-order valence-corrected chi connectivity index (χ3v) is 3.09. The Balaban J connectivity index is 2.23. The Labute approximate surface area is 140 Å². The third kappa shape index (κ3) is 4.37. The molecule has 0 atom stereocenters. The second kappa shape index (κ2) is 8.39. The predicted molar refractivity (Wildman–Crippen MR) is 89.8 cm³/mol. The summed E-state index contributed by atoms with van der Waals surface area (Å²) in [7, 11) is 1.53. The maximum Gasteiger partial charge on any atom is 0.354 e. The molecule has 0 aliphatic heterocycles. The fourth-order valence-corrected chi connectivity index (χ4v) is 2.00. The zero-order chi connectivity index (χ0) is 17.4. The first-order valence-corrected chi connectivity index (χ1v) is 7.37. The minimum absolute atomic E-state index is 0.106. The lowest BCUT2D eigenvalue weighted by molar-refractivity contribution is -0.129. The number of nitriles is 1. The summed E-state index contributed by atoms with van der Waals surface area (Å²) >= 11 is 0. The topological polar surface area (TPSA) is 68.5 Å². The molecule has 2 rings (SSSR count). The average molecular weight is 323 g/mol. The summed E-state index contributed by atoms with van der Waals surface area (Å²) in [5.74, 6) is 0.798. The van der Waals surface area contributed by atoms with Crippen molar-refractivity contribution in [3.8, 4) is 23.3 Å². The number of ether oxygens (including phenoxy) is 3. The fraction of sp³-hybridized carbons (Fsp3) is 0.158. The van der Waals surface area contributed by atoms with Crippen LogP contribution in [-0.4, -0.2) is 19.7 Å². The number of carbonyl (C=O) groups is 1. The predicted octanol–water partition coefficient (Wildman–Crippen LogP) is 3.61. The molecule has 0 spiro atoms. The van der Waals surface area contributed by atoms with Crippen LogP contribution in [0.5, 0.6) is 17.2 Å². The fourth-order valence-electron chi connectivity index (χ4n) is 2.00. The Kier molecular flexibility index (Phi) is 5.98. The highest BCUT2D eigenvalue weighted by atomic mass is 16.5. The standard InChI is InChI=1S/C19H17NO4/c1-3-23-17-10-9-14(12-18(17)22-2)11-15(13-20)19(21)24-16-7-5-4-6-8-16/h4-12H,3H2,1-2H3/b15-11+. The average Bonchev–Trinajstić information content (AvgIpc) is 2.61. The van der Waals surface area contributed by atoms with E-state index < -0.39 is 5.97 Å². The van der Waals surface area contributed by atoms with Gasteiger partial charge in [-0.1, -0.05) is 24.3 Å². The molecule has 0 aliphatic rings. The smallest absolute Gasteiger partial charge is 0.354 e. The van der Waals surface area contributed by atoms with Gasteiger partial charge in [-0.25, -0.2) is 4.79 Å². The van der Waals surface area contributed by atoms with Crippen LogP contribution in [0.3, 0.4) is 0 Å². The molecule has 2 aromatic rings. The molecule has 2 aromatic carbocycles. The lowest BCUT2D eigenvalue weighted by Gasteiger charge is -2.09. The van der Waals surface area contributed by atoms with Crippen LogP contribution in [0, 0.1) is 11.3 Å². The lowest BCUT2D eigenvalue weighted by atomic mass is 10.1. The van der Waals surface area contributed by atoms with Crippen LogP contribution < -0.4 is 14.2 Å². The summed E-state index contributed by atoms with van der Waals surface area (Å²) in [5.41, 5.74) is 0.530. The van der Waals surface area contributed by atoms with Crippen molar-refractivity contribution >= 4 is 12.0 Å². The van der Waals surface area contributed by atoms with Gasteiger partial charge >= 0.3 is 5.97 Å². The van der Waals surface area contributed by atoms with Gasteiger partial charge in [0.05, 0.1) is 13.7 Å². The molecule has 0 saturated carbocycles. The second-order valence-electron chi connectivity index (χ2n) is 4.72. The Morgan fingerprint density at radius 3 is 2.54 bits per heavy atom. The summed E-state index contributed by atoms with van der Waals surface area (Å²) in [6.45, 7) is 2.39. The van der Waals surface area contributed by atoms with Gasteiger partial charge in [-0.3, -0.25) is 0 Å². The first-order chi connectivity index (χ1) is 11.7. The molecule has 24 heavy (non-hydrogen) atoms. The number of carbonyl (C=O) groups excluding carboxylic acids is 1. The molecule has 0 fully saturated rings. The molecular formula is C19H17NO4. The van der Waals surface area contributed by atoms with E-state index in [2.05, 4.69) is 0 Å². The minimum Gasteiger partial charge on any atom is -0.493 e. The van der Waals surface area contributed by atoms with Crippen molar-refractivity contribution in [3.05, 3.63) is 59.7 Å². The summed E-state index contributed by atoms with van der Waals surface area (Å²) in [5, 5.41) is 9.23. The number of rotatable bonds is 6. The van der Waals surface area contributed by atoms with E-state index in [9.17, 15) is 10.1 Å². The van der Waals surface area contributed by atoms with Crippen LogP contribution in [0.25, 0.3) is 6.08 Å². The number of esters is 1. The van der Waals surface area contributed by atoms with E-state index in [1.165, 1.54) is 13.2 Å². The SMILES string of the molecule is CCOc1ccc(/C=C(\C#N)C(=O)Oc2ccccc2)cc1OC. The molecule has 0 radical (unpaired) electrons. The molecule has 5 heteroatoms. The molecule has 0 amide bonds. The van der Waals surface area contributed by atoms with Gasteiger partial charge in [-0.2, -0.15) is 5.26 Å². The molecule has 0 unspecified atom stereocenters. The normalized spacial score (nSPS) is 10.6. The van der Waals surface area contributed by atoms with Crippen LogP contribution >= 0.6 is 0 Å². The Hall–Kier alpha value is -3.26. The number of nitrogens with zero attached hydrogens (tertiary/aromatic N) is 1. The highest BCUT2D eigenvalue weighted by molar-refractivity contribution is 5.99. The van der Waals surface area contributed by atoms with E-state index in [4.69, 9.17) is 14.2 Å². The number of hydrogen-bond donors (Lipinski definition) is 0. The van der Waals surface area contributed by atoms with E-state index in [1.807, 2.05) is 19.1 Å². The van der Waals surface area contributed by atoms with Gasteiger partial charge in [-0.15, -0.1) is 0 Å². The van der Waals surface area contributed by atoms with Crippen molar-refractivity contribution in [2.75, 3.05) is 13.7 Å². The molecule has 0 bridgehead atoms. The maximum atomic E-state index is 12.1. The van der Waals surface area contributed by atoms with Gasteiger partial charge in [0, 0.05) is 0 Å². The van der Waals surface area contributed by atoms with Crippen LogP contribution in [-0.2, 0) is 4.79 Å². The van der Waals surface area contributed by atoms with Crippen LogP contribution in [0.1, 0.15) is 12.5 Å². The molecular weight excluding hydrogens is 306 g/mol. The first-order valence-electron chi connectivity index (χ1n) is 7.37. The van der Waals surface area contributed by atoms with Crippen LogP contribution in [0.2, 0.25) is 0 Å². The van der Waals surface area contributed by atoms with Crippen molar-refractivity contribution in [1.82, 2.24) is 0 Å². The quantitative estimate of drug-likeness (QED) is 0.351. The summed E-state index contributed by atoms with van der Waals surface area (Å²) in [6.07, 6.45) is 1.45. The van der Waals surface area contributed by atoms with Gasteiger partial charge in [0.25, 0.3) is 0 Å². The van der Waals surface area contributed by atoms with Crippen LogP contribution in [0.15, 0.2) is 54.1 Å². The van der Waals surface area contributed by atoms with Crippen molar-refractivity contribution < 1.29 is 19.0 Å². The van der Waals surface area contributed by atoms with Gasteiger partial charge in [0.15, 0.2) is 11.5 Å². The van der Waals surface area contributed by atoms with Crippen molar-refractivity contribution in [2.24, 2.45) is 0 Å². The monoisotopic (exact) mass is 323 g/mol. The molecule has 0 aromatic heterocycles.